The molecule has 0 aromatic carbocycles. The highest BCUT2D eigenvalue weighted by Gasteiger charge is 2.16. The van der Waals surface area contributed by atoms with Crippen molar-refractivity contribution in [2.75, 3.05) is 19.1 Å². The highest BCUT2D eigenvalue weighted by atomic mass is 35.5. The monoisotopic (exact) mass is 327 g/mol. The van der Waals surface area contributed by atoms with Gasteiger partial charge in [-0.2, -0.15) is 16.7 Å². The number of imidazole rings is 1. The maximum atomic E-state index is 6.27. The second kappa shape index (κ2) is 7.90. The summed E-state index contributed by atoms with van der Waals surface area (Å²) in [5, 5.41) is -0.128. The van der Waals surface area contributed by atoms with Crippen molar-refractivity contribution in [3.05, 3.63) is 18.0 Å². The zero-order valence-corrected chi connectivity index (χ0v) is 14.4. The van der Waals surface area contributed by atoms with E-state index in [9.17, 15) is 0 Å². The highest BCUT2D eigenvalue weighted by Crippen LogP contribution is 2.25. The van der Waals surface area contributed by atoms with Gasteiger partial charge < -0.3 is 9.30 Å². The van der Waals surface area contributed by atoms with Crippen LogP contribution in [0, 0.1) is 0 Å². The molecule has 4 nitrogen and oxygen atoms in total. The number of unbranched alkanes of at least 4 members (excludes halogenated alkanes) is 2. The van der Waals surface area contributed by atoms with E-state index < -0.39 is 0 Å². The molecule has 0 spiro atoms. The molecule has 0 aliphatic rings. The van der Waals surface area contributed by atoms with Gasteiger partial charge in [0, 0.05) is 12.6 Å². The summed E-state index contributed by atoms with van der Waals surface area (Å²) in [6.45, 7) is 2.85. The van der Waals surface area contributed by atoms with Crippen molar-refractivity contribution in [3.8, 4) is 5.88 Å². The second-order valence-corrected chi connectivity index (χ2v) is 6.63. The van der Waals surface area contributed by atoms with Gasteiger partial charge in [-0.25, -0.2) is 4.98 Å². The Balaban J connectivity index is 2.22. The number of nitrogens with zero attached hydrogens (tertiary/aromatic N) is 3. The summed E-state index contributed by atoms with van der Waals surface area (Å²) >= 11 is 8.17. The Hall–Kier alpha value is -0.940. The van der Waals surface area contributed by atoms with E-state index in [-0.39, 0.29) is 5.38 Å². The van der Waals surface area contributed by atoms with Crippen molar-refractivity contribution in [2.24, 2.45) is 0 Å². The molecule has 0 radical (unpaired) electrons. The molecule has 0 bridgehead atoms. The fourth-order valence-corrected chi connectivity index (χ4v) is 2.99. The van der Waals surface area contributed by atoms with Crippen molar-refractivity contribution < 1.29 is 4.74 Å². The number of hydrogen-bond acceptors (Lipinski definition) is 4. The Morgan fingerprint density at radius 2 is 2.10 bits per heavy atom. The number of hydrogen-bond donors (Lipinski definition) is 0. The summed E-state index contributed by atoms with van der Waals surface area (Å²) in [6, 6.07) is 3.77. The van der Waals surface area contributed by atoms with Crippen LogP contribution >= 0.6 is 23.4 Å². The van der Waals surface area contributed by atoms with Gasteiger partial charge >= 0.3 is 0 Å². The van der Waals surface area contributed by atoms with Crippen molar-refractivity contribution in [2.45, 2.75) is 38.1 Å². The van der Waals surface area contributed by atoms with Gasteiger partial charge in [0.15, 0.2) is 5.65 Å². The molecule has 0 saturated heterocycles. The van der Waals surface area contributed by atoms with Crippen LogP contribution < -0.4 is 4.74 Å². The van der Waals surface area contributed by atoms with Gasteiger partial charge in [0.05, 0.1) is 12.5 Å². The first-order valence-corrected chi connectivity index (χ1v) is 9.04. The number of aromatic nitrogens is 3. The fourth-order valence-electron chi connectivity index (χ4n) is 2.33. The lowest BCUT2D eigenvalue weighted by Gasteiger charge is -2.10. The molecule has 21 heavy (non-hydrogen) atoms. The number of rotatable bonds is 8. The zero-order valence-electron chi connectivity index (χ0n) is 12.8. The number of halogens is 1. The van der Waals surface area contributed by atoms with Crippen LogP contribution in [0.2, 0.25) is 0 Å². The summed E-state index contributed by atoms with van der Waals surface area (Å²) in [6.07, 6.45) is 5.71. The molecular formula is C15H22ClN3OS. The van der Waals surface area contributed by atoms with Crippen molar-refractivity contribution in [1.29, 1.82) is 0 Å². The van der Waals surface area contributed by atoms with Crippen molar-refractivity contribution in [1.82, 2.24) is 14.5 Å². The van der Waals surface area contributed by atoms with Crippen LogP contribution in [-0.2, 0) is 6.54 Å². The maximum absolute atomic E-state index is 6.27. The van der Waals surface area contributed by atoms with E-state index in [1.807, 2.05) is 30.8 Å². The summed E-state index contributed by atoms with van der Waals surface area (Å²) in [5.41, 5.74) is 1.74. The largest absolute Gasteiger partial charge is 0.481 e. The number of alkyl halides is 1. The SMILES string of the molecule is COc1ccc2nc(C(C)Cl)n(CCCCCSC)c2n1. The molecule has 2 aromatic heterocycles. The van der Waals surface area contributed by atoms with Crippen LogP contribution in [0.15, 0.2) is 12.1 Å². The Bertz CT molecular complexity index is 586. The van der Waals surface area contributed by atoms with Crippen LogP contribution in [-0.4, -0.2) is 33.7 Å². The fraction of sp³-hybridized carbons (Fsp3) is 0.600. The van der Waals surface area contributed by atoms with E-state index in [0.29, 0.717) is 5.88 Å². The minimum atomic E-state index is -0.128. The molecule has 0 amide bonds. The molecular weight excluding hydrogens is 306 g/mol. The Morgan fingerprint density at radius 3 is 2.76 bits per heavy atom. The van der Waals surface area contributed by atoms with Gasteiger partial charge in [-0.15, -0.1) is 11.6 Å². The highest BCUT2D eigenvalue weighted by molar-refractivity contribution is 7.98. The lowest BCUT2D eigenvalue weighted by Crippen LogP contribution is -2.06. The Kier molecular flexibility index (Phi) is 6.18. The summed E-state index contributed by atoms with van der Waals surface area (Å²) in [5.74, 6) is 2.72. The summed E-state index contributed by atoms with van der Waals surface area (Å²) in [4.78, 5) is 9.14. The van der Waals surface area contributed by atoms with E-state index in [4.69, 9.17) is 16.3 Å². The van der Waals surface area contributed by atoms with Gasteiger partial charge in [0.2, 0.25) is 5.88 Å². The first kappa shape index (κ1) is 16.4. The molecule has 0 aliphatic heterocycles. The lowest BCUT2D eigenvalue weighted by molar-refractivity contribution is 0.398. The average Bonchev–Trinajstić information content (AvgIpc) is 2.85. The number of aryl methyl sites for hydroxylation is 1. The lowest BCUT2D eigenvalue weighted by atomic mass is 10.2. The molecule has 0 fully saturated rings. The maximum Gasteiger partial charge on any atom is 0.215 e. The first-order valence-electron chi connectivity index (χ1n) is 7.21. The van der Waals surface area contributed by atoms with Crippen LogP contribution in [0.1, 0.15) is 37.4 Å². The molecule has 0 saturated carbocycles. The molecule has 1 unspecified atom stereocenters. The van der Waals surface area contributed by atoms with Gasteiger partial charge in [-0.3, -0.25) is 0 Å². The number of ether oxygens (including phenoxy) is 1. The Labute approximate surface area is 135 Å². The van der Waals surface area contributed by atoms with Crippen LogP contribution in [0.3, 0.4) is 0 Å². The van der Waals surface area contributed by atoms with Crippen molar-refractivity contribution >= 4 is 34.5 Å². The predicted molar refractivity (Wildman–Crippen MR) is 90.6 cm³/mol. The van der Waals surface area contributed by atoms with E-state index in [1.54, 1.807) is 7.11 Å². The van der Waals surface area contributed by atoms with Gasteiger partial charge in [0.25, 0.3) is 0 Å². The molecule has 0 aliphatic carbocycles. The molecule has 6 heteroatoms. The average molecular weight is 328 g/mol. The summed E-state index contributed by atoms with van der Waals surface area (Å²) in [7, 11) is 1.63. The van der Waals surface area contributed by atoms with E-state index in [2.05, 4.69) is 20.8 Å². The zero-order chi connectivity index (χ0) is 15.2. The third kappa shape index (κ3) is 4.04. The smallest absolute Gasteiger partial charge is 0.215 e. The number of methoxy groups -OCH3 is 1. The number of thioether (sulfide) groups is 1. The number of pyridine rings is 1. The van der Waals surface area contributed by atoms with Crippen LogP contribution in [0.4, 0.5) is 0 Å². The molecule has 2 heterocycles. The van der Waals surface area contributed by atoms with E-state index >= 15 is 0 Å². The third-order valence-electron chi connectivity index (χ3n) is 3.39. The van der Waals surface area contributed by atoms with Crippen molar-refractivity contribution in [3.63, 3.8) is 0 Å². The van der Waals surface area contributed by atoms with Gasteiger partial charge in [-0.05, 0) is 37.8 Å². The van der Waals surface area contributed by atoms with Gasteiger partial charge in [0.1, 0.15) is 11.3 Å². The first-order chi connectivity index (χ1) is 10.2. The predicted octanol–water partition coefficient (Wildman–Crippen LogP) is 4.27. The quantitative estimate of drug-likeness (QED) is 0.536. The normalized spacial score (nSPS) is 12.8. The van der Waals surface area contributed by atoms with E-state index in [0.717, 1.165) is 30.0 Å². The van der Waals surface area contributed by atoms with Crippen LogP contribution in [0.5, 0.6) is 5.88 Å². The van der Waals surface area contributed by atoms with E-state index in [1.165, 1.54) is 18.6 Å². The molecule has 0 N–H and O–H groups in total. The van der Waals surface area contributed by atoms with Crippen LogP contribution in [0.25, 0.3) is 11.2 Å². The standard InChI is InChI=1S/C15H22ClN3OS/c1-11(16)14-17-12-7-8-13(20-2)18-15(12)19(14)9-5-4-6-10-21-3/h7-8,11H,4-6,9-10H2,1-3H3. The van der Waals surface area contributed by atoms with Gasteiger partial charge in [-0.1, -0.05) is 6.42 Å². The molecule has 2 aromatic rings. The molecule has 116 valence electrons. The third-order valence-corrected chi connectivity index (χ3v) is 4.28. The second-order valence-electron chi connectivity index (χ2n) is 4.99. The molecule has 1 atom stereocenters. The Morgan fingerprint density at radius 1 is 1.29 bits per heavy atom. The topological polar surface area (TPSA) is 39.9 Å². The molecule has 2 rings (SSSR count). The summed E-state index contributed by atoms with van der Waals surface area (Å²) < 4.78 is 7.35. The number of fused-ring (bicyclic) bond motifs is 1. The minimum absolute atomic E-state index is 0.128. The minimum Gasteiger partial charge on any atom is -0.481 e.